The summed E-state index contributed by atoms with van der Waals surface area (Å²) >= 11 is 1.66. The zero-order chi connectivity index (χ0) is 23.8. The maximum absolute atomic E-state index is 8.79. The van der Waals surface area contributed by atoms with E-state index in [4.69, 9.17) is 11.3 Å². The Hall–Kier alpha value is -2.65. The molecule has 3 heteroatoms. The van der Waals surface area contributed by atoms with Crippen LogP contribution in [0, 0.1) is 12.3 Å². The first-order chi connectivity index (χ1) is 15.4. The van der Waals surface area contributed by atoms with Crippen LogP contribution in [0.1, 0.15) is 38.8 Å². The van der Waals surface area contributed by atoms with Gasteiger partial charge in [-0.3, -0.25) is 4.98 Å². The molecule has 0 aliphatic rings. The van der Waals surface area contributed by atoms with Gasteiger partial charge in [-0.15, -0.1) is 11.3 Å². The van der Waals surface area contributed by atoms with Crippen LogP contribution in [0.3, 0.4) is 0 Å². The molecule has 0 aliphatic heterocycles. The predicted octanol–water partition coefficient (Wildman–Crippen LogP) is 7.76. The maximum atomic E-state index is 8.79. The van der Waals surface area contributed by atoms with E-state index in [1.165, 1.54) is 6.20 Å². The van der Waals surface area contributed by atoms with E-state index in [0.717, 1.165) is 26.4 Å². The van der Waals surface area contributed by atoms with Gasteiger partial charge in [0.05, 0.1) is 5.69 Å². The monoisotopic (exact) mass is 390 g/mol. The van der Waals surface area contributed by atoms with E-state index in [2.05, 4.69) is 17.1 Å². The van der Waals surface area contributed by atoms with Crippen molar-refractivity contribution in [2.24, 2.45) is 5.41 Å². The van der Waals surface area contributed by atoms with Gasteiger partial charge < -0.3 is 4.42 Å². The predicted molar refractivity (Wildman–Crippen MR) is 120 cm³/mol. The number of para-hydroxylation sites is 1. The molecule has 28 heavy (non-hydrogen) atoms. The molecule has 2 aromatic carbocycles. The molecule has 0 spiro atoms. The lowest BCUT2D eigenvalue weighted by molar-refractivity contribution is 0.410. The maximum Gasteiger partial charge on any atom is 0.144 e. The number of furan rings is 1. The van der Waals surface area contributed by atoms with Crippen molar-refractivity contribution in [1.29, 1.82) is 0 Å². The molecule has 0 unspecified atom stereocenters. The molecule has 5 aromatic rings. The van der Waals surface area contributed by atoms with Gasteiger partial charge in [0, 0.05) is 39.5 Å². The van der Waals surface area contributed by atoms with Crippen LogP contribution in [-0.4, -0.2) is 4.98 Å². The fraction of sp³-hybridized carbons (Fsp3) is 0.240. The number of rotatable bonds is 2. The lowest BCUT2D eigenvalue weighted by Crippen LogP contribution is -2.10. The van der Waals surface area contributed by atoms with E-state index in [1.54, 1.807) is 38.2 Å². The summed E-state index contributed by atoms with van der Waals surface area (Å²) in [6, 6.07) is 13.6. The molecule has 0 N–H and O–H groups in total. The van der Waals surface area contributed by atoms with Crippen LogP contribution in [0.25, 0.3) is 43.3 Å². The molecular weight excluding hydrogens is 362 g/mol. The highest BCUT2D eigenvalue weighted by atomic mass is 32.1. The van der Waals surface area contributed by atoms with E-state index in [0.29, 0.717) is 16.8 Å². The Labute approximate surface area is 175 Å². The molecule has 2 nitrogen and oxygen atoms in total. The van der Waals surface area contributed by atoms with Crippen molar-refractivity contribution in [3.8, 4) is 11.3 Å². The van der Waals surface area contributed by atoms with Gasteiger partial charge in [-0.05, 0) is 65.5 Å². The van der Waals surface area contributed by atoms with Crippen LogP contribution >= 0.6 is 11.3 Å². The number of aromatic nitrogens is 1. The first kappa shape index (κ1) is 12.7. The number of hydrogen-bond donors (Lipinski definition) is 0. The van der Waals surface area contributed by atoms with Gasteiger partial charge in [0.2, 0.25) is 0 Å². The molecule has 0 aliphatic carbocycles. The van der Waals surface area contributed by atoms with Crippen molar-refractivity contribution < 1.29 is 11.3 Å². The van der Waals surface area contributed by atoms with E-state index in [-0.39, 0.29) is 11.1 Å². The molecule has 5 rings (SSSR count). The molecular formula is C25H23NOS. The Kier molecular flexibility index (Phi) is 2.81. The van der Waals surface area contributed by atoms with Gasteiger partial charge in [-0.25, -0.2) is 0 Å². The zero-order valence-electron chi connectivity index (χ0n) is 21.0. The molecule has 0 bridgehead atoms. The fourth-order valence-corrected chi connectivity index (χ4v) is 4.40. The minimum absolute atomic E-state index is 0.0667. The van der Waals surface area contributed by atoms with Crippen molar-refractivity contribution in [1.82, 2.24) is 4.98 Å². The Bertz CT molecular complexity index is 1520. The number of benzene rings is 2. The van der Waals surface area contributed by atoms with Crippen molar-refractivity contribution in [3.63, 3.8) is 0 Å². The number of aryl methyl sites for hydroxylation is 1. The summed E-state index contributed by atoms with van der Waals surface area (Å²) in [5, 5.41) is 5.03. The van der Waals surface area contributed by atoms with Gasteiger partial charge in [-0.2, -0.15) is 0 Å². The van der Waals surface area contributed by atoms with Gasteiger partial charge in [0.25, 0.3) is 0 Å². The number of thiophene rings is 1. The van der Waals surface area contributed by atoms with Crippen LogP contribution in [0.15, 0.2) is 58.5 Å². The Balaban J connectivity index is 1.80. The zero-order valence-corrected chi connectivity index (χ0v) is 16.8. The molecule has 0 saturated heterocycles. The molecule has 3 aromatic heterocycles. The smallest absolute Gasteiger partial charge is 0.144 e. The third-order valence-corrected chi connectivity index (χ3v) is 5.67. The van der Waals surface area contributed by atoms with Crippen LogP contribution in [0.2, 0.25) is 0 Å². The number of nitrogens with zero attached hydrogens (tertiary/aromatic N) is 1. The van der Waals surface area contributed by atoms with Crippen molar-refractivity contribution in [2.45, 2.75) is 34.0 Å². The summed E-state index contributed by atoms with van der Waals surface area (Å²) < 4.78 is 48.9. The molecule has 0 saturated carbocycles. The highest BCUT2D eigenvalue weighted by Gasteiger charge is 2.18. The molecule has 140 valence electrons. The Morgan fingerprint density at radius 2 is 1.93 bits per heavy atom. The summed E-state index contributed by atoms with van der Waals surface area (Å²) in [5.41, 5.74) is 1.90. The Morgan fingerprint density at radius 3 is 2.75 bits per heavy atom. The van der Waals surface area contributed by atoms with Crippen LogP contribution < -0.4 is 0 Å². The first-order valence-corrected chi connectivity index (χ1v) is 10.1. The number of hydrogen-bond acceptors (Lipinski definition) is 3. The third kappa shape index (κ3) is 2.82. The molecule has 3 heterocycles. The number of pyridine rings is 1. The van der Waals surface area contributed by atoms with Gasteiger partial charge in [0.1, 0.15) is 11.2 Å². The average molecular weight is 391 g/mol. The van der Waals surface area contributed by atoms with Crippen LogP contribution in [0.5, 0.6) is 0 Å². The largest absolute Gasteiger partial charge is 0.455 e. The summed E-state index contributed by atoms with van der Waals surface area (Å²) in [7, 11) is 0. The van der Waals surface area contributed by atoms with Crippen LogP contribution in [-0.2, 0) is 6.37 Å². The minimum atomic E-state index is -2.48. The third-order valence-electron chi connectivity index (χ3n) is 4.78. The van der Waals surface area contributed by atoms with Gasteiger partial charge in [-0.1, -0.05) is 32.9 Å². The van der Waals surface area contributed by atoms with Gasteiger partial charge in [0.15, 0.2) is 0 Å². The van der Waals surface area contributed by atoms with Crippen molar-refractivity contribution >= 4 is 43.4 Å². The van der Waals surface area contributed by atoms with E-state index >= 15 is 0 Å². The lowest BCUT2D eigenvalue weighted by Gasteiger charge is -2.20. The second-order valence-corrected chi connectivity index (χ2v) is 9.00. The highest BCUT2D eigenvalue weighted by Crippen LogP contribution is 2.39. The van der Waals surface area contributed by atoms with Crippen LogP contribution in [0.4, 0.5) is 0 Å². The van der Waals surface area contributed by atoms with E-state index in [9.17, 15) is 0 Å². The second kappa shape index (κ2) is 6.18. The lowest BCUT2D eigenvalue weighted by atomic mass is 9.86. The average Bonchev–Trinajstić information content (AvgIpc) is 3.35. The van der Waals surface area contributed by atoms with Crippen molar-refractivity contribution in [3.05, 3.63) is 65.2 Å². The SMILES string of the molecule is [2H]C([2H])([2H])c1cnc(-c2cccc3c2oc2c4ccsc4ccc32)cc1C([2H])([2H])C(C)(C)C. The quantitative estimate of drug-likeness (QED) is 0.308. The summed E-state index contributed by atoms with van der Waals surface area (Å²) in [5.74, 6) is 0. The second-order valence-electron chi connectivity index (χ2n) is 8.05. The number of fused-ring (bicyclic) bond motifs is 5. The van der Waals surface area contributed by atoms with E-state index < -0.39 is 18.6 Å². The molecule has 0 amide bonds. The fourth-order valence-electron chi connectivity index (χ4n) is 3.61. The van der Waals surface area contributed by atoms with Gasteiger partial charge >= 0.3 is 0 Å². The first-order valence-electron chi connectivity index (χ1n) is 11.7. The van der Waals surface area contributed by atoms with Crippen molar-refractivity contribution in [2.75, 3.05) is 0 Å². The molecule has 0 fully saturated rings. The normalized spacial score (nSPS) is 16.0. The topological polar surface area (TPSA) is 26.0 Å². The molecule has 0 atom stereocenters. The van der Waals surface area contributed by atoms with E-state index in [1.807, 2.05) is 29.6 Å². The summed E-state index contributed by atoms with van der Waals surface area (Å²) in [6.45, 7) is 2.82. The Morgan fingerprint density at radius 1 is 1.07 bits per heavy atom. The summed E-state index contributed by atoms with van der Waals surface area (Å²) in [6.07, 6.45) is -0.598. The molecule has 0 radical (unpaired) electrons. The minimum Gasteiger partial charge on any atom is -0.455 e. The highest BCUT2D eigenvalue weighted by molar-refractivity contribution is 7.17. The standard InChI is InChI=1S/C25H23NOS/c1-15-14-26-21(12-16(15)13-25(2,3)4)19-7-5-6-17-18-8-9-22-20(10-11-28-22)24(18)27-23(17)19/h5-12,14H,13H2,1-4H3/i1D3,13D2. The summed E-state index contributed by atoms with van der Waals surface area (Å²) in [4.78, 5) is 4.46.